The molecule has 4 atom stereocenters. The van der Waals surface area contributed by atoms with Crippen LogP contribution in [0.4, 0.5) is 0 Å². The zero-order chi connectivity index (χ0) is 14.3. The molecule has 1 saturated heterocycles. The van der Waals surface area contributed by atoms with Crippen LogP contribution in [0.25, 0.3) is 0 Å². The van der Waals surface area contributed by atoms with Crippen molar-refractivity contribution in [1.29, 1.82) is 0 Å². The van der Waals surface area contributed by atoms with Gasteiger partial charge in [0.1, 0.15) is 11.5 Å². The Kier molecular flexibility index (Phi) is 3.56. The number of nitrogens with two attached hydrogens (primary N) is 1. The number of ether oxygens (including phenoxy) is 1. The first-order valence-electron chi connectivity index (χ1n) is 7.23. The number of hydrogen-bond donors (Lipinski definition) is 1. The van der Waals surface area contributed by atoms with Gasteiger partial charge in [-0.2, -0.15) is 0 Å². The lowest BCUT2D eigenvalue weighted by atomic mass is 10.0. The van der Waals surface area contributed by atoms with Crippen molar-refractivity contribution in [2.75, 3.05) is 20.3 Å². The van der Waals surface area contributed by atoms with E-state index in [-0.39, 0.29) is 17.9 Å². The molecule has 20 heavy (non-hydrogen) atoms. The van der Waals surface area contributed by atoms with Crippen molar-refractivity contribution in [3.05, 3.63) is 23.7 Å². The minimum Gasteiger partial charge on any atom is -0.464 e. The fourth-order valence-electron chi connectivity index (χ4n) is 2.82. The second kappa shape index (κ2) is 5.22. The Morgan fingerprint density at radius 2 is 2.20 bits per heavy atom. The van der Waals surface area contributed by atoms with Gasteiger partial charge in [-0.3, -0.25) is 4.79 Å². The largest absolute Gasteiger partial charge is 0.464 e. The molecule has 1 aromatic rings. The third-order valence-electron chi connectivity index (χ3n) is 4.37. The highest BCUT2D eigenvalue weighted by Gasteiger charge is 2.37. The Morgan fingerprint density at radius 1 is 1.45 bits per heavy atom. The van der Waals surface area contributed by atoms with E-state index in [0.717, 1.165) is 17.4 Å². The summed E-state index contributed by atoms with van der Waals surface area (Å²) >= 11 is 0. The lowest BCUT2D eigenvalue weighted by molar-refractivity contribution is -0.135. The molecule has 0 radical (unpaired) electrons. The number of carbonyl (C=O) groups is 1. The van der Waals surface area contributed by atoms with Gasteiger partial charge < -0.3 is 19.8 Å². The van der Waals surface area contributed by atoms with Gasteiger partial charge >= 0.3 is 0 Å². The van der Waals surface area contributed by atoms with E-state index in [1.165, 1.54) is 6.42 Å². The van der Waals surface area contributed by atoms with Crippen LogP contribution in [0.15, 0.2) is 16.5 Å². The Morgan fingerprint density at radius 3 is 2.80 bits per heavy atom. The van der Waals surface area contributed by atoms with Crippen molar-refractivity contribution in [2.24, 2.45) is 17.6 Å². The van der Waals surface area contributed by atoms with Crippen LogP contribution in [0.5, 0.6) is 0 Å². The molecule has 1 saturated carbocycles. The highest BCUT2D eigenvalue weighted by molar-refractivity contribution is 5.79. The van der Waals surface area contributed by atoms with E-state index in [2.05, 4.69) is 6.92 Å². The predicted octanol–water partition coefficient (Wildman–Crippen LogP) is 1.34. The third-order valence-corrected chi connectivity index (χ3v) is 4.37. The first-order chi connectivity index (χ1) is 9.56. The van der Waals surface area contributed by atoms with Crippen LogP contribution in [0.1, 0.15) is 30.8 Å². The van der Waals surface area contributed by atoms with E-state index in [1.807, 2.05) is 12.1 Å². The van der Waals surface area contributed by atoms with Crippen molar-refractivity contribution in [3.8, 4) is 0 Å². The summed E-state index contributed by atoms with van der Waals surface area (Å²) in [7, 11) is 1.79. The number of hydrogen-bond acceptors (Lipinski definition) is 4. The van der Waals surface area contributed by atoms with Crippen molar-refractivity contribution in [1.82, 2.24) is 4.90 Å². The highest BCUT2D eigenvalue weighted by atomic mass is 16.5. The van der Waals surface area contributed by atoms with E-state index >= 15 is 0 Å². The molecule has 4 unspecified atom stereocenters. The topological polar surface area (TPSA) is 68.7 Å². The number of nitrogens with zero attached hydrogens (tertiary/aromatic N) is 1. The van der Waals surface area contributed by atoms with Gasteiger partial charge in [0.2, 0.25) is 5.91 Å². The Balaban J connectivity index is 1.59. The van der Waals surface area contributed by atoms with E-state index in [9.17, 15) is 4.79 Å². The van der Waals surface area contributed by atoms with Gasteiger partial charge in [0.05, 0.1) is 25.7 Å². The van der Waals surface area contributed by atoms with Crippen molar-refractivity contribution in [3.63, 3.8) is 0 Å². The lowest BCUT2D eigenvalue weighted by Gasteiger charge is -2.21. The molecule has 1 amide bonds. The fourth-order valence-corrected chi connectivity index (χ4v) is 2.82. The molecule has 0 spiro atoms. The minimum absolute atomic E-state index is 0.0349. The molecule has 2 aliphatic rings. The Labute approximate surface area is 119 Å². The molecule has 5 nitrogen and oxygen atoms in total. The molecule has 0 aromatic carbocycles. The number of furan rings is 1. The second-order valence-electron chi connectivity index (χ2n) is 6.13. The summed E-state index contributed by atoms with van der Waals surface area (Å²) in [4.78, 5) is 14.0. The van der Waals surface area contributed by atoms with E-state index in [0.29, 0.717) is 25.7 Å². The summed E-state index contributed by atoms with van der Waals surface area (Å²) in [5.74, 6) is 2.99. The van der Waals surface area contributed by atoms with Crippen LogP contribution in [-0.4, -0.2) is 37.1 Å². The summed E-state index contributed by atoms with van der Waals surface area (Å²) in [5.41, 5.74) is 5.88. The van der Waals surface area contributed by atoms with Crippen LogP contribution < -0.4 is 5.73 Å². The Bertz CT molecular complexity index is 499. The maximum atomic E-state index is 12.3. The fraction of sp³-hybridized carbons (Fsp3) is 0.667. The molecule has 2 fully saturated rings. The molecular formula is C15H22N2O3. The average molecular weight is 278 g/mol. The standard InChI is InChI=1S/C15H22N2O3/c1-9-5-11(9)14-4-3-10(20-14)6-17(2)15(18)12-7-19-8-13(12)16/h3-4,9,11-13H,5-8,16H2,1-2H3. The van der Waals surface area contributed by atoms with Gasteiger partial charge in [0, 0.05) is 19.0 Å². The summed E-state index contributed by atoms with van der Waals surface area (Å²) < 4.78 is 11.1. The molecule has 110 valence electrons. The summed E-state index contributed by atoms with van der Waals surface area (Å²) in [6, 6.07) is 3.81. The average Bonchev–Trinajstić information content (AvgIpc) is 2.81. The quantitative estimate of drug-likeness (QED) is 0.902. The van der Waals surface area contributed by atoms with Gasteiger partial charge in [0.15, 0.2) is 0 Å². The van der Waals surface area contributed by atoms with Crippen LogP contribution in [0, 0.1) is 11.8 Å². The molecule has 1 aliphatic heterocycles. The van der Waals surface area contributed by atoms with Crippen molar-refractivity contribution < 1.29 is 13.9 Å². The molecular weight excluding hydrogens is 256 g/mol. The van der Waals surface area contributed by atoms with Gasteiger partial charge in [-0.25, -0.2) is 0 Å². The SMILES string of the molecule is CC1CC1c1ccc(CN(C)C(=O)C2COCC2N)o1. The summed E-state index contributed by atoms with van der Waals surface area (Å²) in [5, 5.41) is 0. The highest BCUT2D eigenvalue weighted by Crippen LogP contribution is 2.47. The van der Waals surface area contributed by atoms with Gasteiger partial charge in [0.25, 0.3) is 0 Å². The van der Waals surface area contributed by atoms with E-state index in [4.69, 9.17) is 14.9 Å². The van der Waals surface area contributed by atoms with Gasteiger partial charge in [-0.05, 0) is 24.5 Å². The molecule has 1 aliphatic carbocycles. The third kappa shape index (κ3) is 2.60. The van der Waals surface area contributed by atoms with Crippen molar-refractivity contribution >= 4 is 5.91 Å². The predicted molar refractivity (Wildman–Crippen MR) is 74.0 cm³/mol. The van der Waals surface area contributed by atoms with Crippen LogP contribution in [-0.2, 0) is 16.1 Å². The van der Waals surface area contributed by atoms with E-state index < -0.39 is 0 Å². The molecule has 3 rings (SSSR count). The zero-order valence-electron chi connectivity index (χ0n) is 12.0. The van der Waals surface area contributed by atoms with Crippen molar-refractivity contribution in [2.45, 2.75) is 31.8 Å². The Hall–Kier alpha value is -1.33. The van der Waals surface area contributed by atoms with Crippen LogP contribution in [0.2, 0.25) is 0 Å². The molecule has 2 heterocycles. The molecule has 1 aromatic heterocycles. The number of amides is 1. The van der Waals surface area contributed by atoms with Gasteiger partial charge in [-0.15, -0.1) is 0 Å². The normalized spacial score (nSPS) is 32.4. The monoisotopic (exact) mass is 278 g/mol. The molecule has 5 heteroatoms. The number of rotatable bonds is 4. The maximum Gasteiger partial charge on any atom is 0.229 e. The first-order valence-corrected chi connectivity index (χ1v) is 7.23. The first kappa shape index (κ1) is 13.6. The van der Waals surface area contributed by atoms with Gasteiger partial charge in [-0.1, -0.05) is 6.92 Å². The maximum absolute atomic E-state index is 12.3. The van der Waals surface area contributed by atoms with Crippen LogP contribution >= 0.6 is 0 Å². The second-order valence-corrected chi connectivity index (χ2v) is 6.13. The van der Waals surface area contributed by atoms with E-state index in [1.54, 1.807) is 11.9 Å². The molecule has 0 bridgehead atoms. The summed E-state index contributed by atoms with van der Waals surface area (Å²) in [6.45, 7) is 3.61. The number of carbonyl (C=O) groups excluding carboxylic acids is 1. The van der Waals surface area contributed by atoms with Crippen LogP contribution in [0.3, 0.4) is 0 Å². The zero-order valence-corrected chi connectivity index (χ0v) is 12.0. The lowest BCUT2D eigenvalue weighted by Crippen LogP contribution is -2.41. The smallest absolute Gasteiger partial charge is 0.229 e. The molecule has 2 N–H and O–H groups in total. The minimum atomic E-state index is -0.224. The summed E-state index contributed by atoms with van der Waals surface area (Å²) in [6.07, 6.45) is 1.20.